The van der Waals surface area contributed by atoms with Crippen molar-refractivity contribution < 1.29 is 9.53 Å². The summed E-state index contributed by atoms with van der Waals surface area (Å²) in [5.74, 6) is 0.342. The van der Waals surface area contributed by atoms with Crippen molar-refractivity contribution in [3.05, 3.63) is 52.0 Å². The molecule has 1 aliphatic rings. The lowest BCUT2D eigenvalue weighted by atomic mass is 10.0. The lowest BCUT2D eigenvalue weighted by Crippen LogP contribution is -2.14. The second-order valence-electron chi connectivity index (χ2n) is 4.69. The summed E-state index contributed by atoms with van der Waals surface area (Å²) in [6.45, 7) is 1.89. The third kappa shape index (κ3) is 2.64. The van der Waals surface area contributed by atoms with Gasteiger partial charge in [-0.1, -0.05) is 12.1 Å². The van der Waals surface area contributed by atoms with Gasteiger partial charge in [0.05, 0.1) is 24.4 Å². The van der Waals surface area contributed by atoms with E-state index >= 15 is 0 Å². The number of hydrogen-bond donors (Lipinski definition) is 0. The summed E-state index contributed by atoms with van der Waals surface area (Å²) in [6.07, 6.45) is 1.71. The van der Waals surface area contributed by atoms with Crippen molar-refractivity contribution in [1.29, 1.82) is 0 Å². The minimum Gasteiger partial charge on any atom is -0.481 e. The highest BCUT2D eigenvalue weighted by atomic mass is 32.1. The fraction of sp³-hybridized carbons (Fsp3) is 0.188. The number of hydrogen-bond acceptors (Lipinski definition) is 5. The van der Waals surface area contributed by atoms with Crippen LogP contribution in [0.1, 0.15) is 17.5 Å². The predicted octanol–water partition coefficient (Wildman–Crippen LogP) is 3.20. The van der Waals surface area contributed by atoms with E-state index in [0.717, 1.165) is 10.6 Å². The standard InChI is InChI=1S/C16H14N2O2S/c1-10-15(13-6-4-8-21-13)18-12(16(10)19)9-11-5-3-7-14(17-11)20-2/h3-10H,1-2H3/b12-9-. The Morgan fingerprint density at radius 1 is 1.29 bits per heavy atom. The molecular weight excluding hydrogens is 284 g/mol. The average Bonchev–Trinajstić information content (AvgIpc) is 3.12. The van der Waals surface area contributed by atoms with Crippen molar-refractivity contribution in [2.75, 3.05) is 7.11 Å². The number of allylic oxidation sites excluding steroid dienone is 1. The quantitative estimate of drug-likeness (QED) is 0.818. The van der Waals surface area contributed by atoms with E-state index in [-0.39, 0.29) is 11.7 Å². The number of carbonyl (C=O) groups is 1. The fourth-order valence-corrected chi connectivity index (χ4v) is 2.99. The van der Waals surface area contributed by atoms with Gasteiger partial charge in [-0.2, -0.15) is 0 Å². The molecule has 0 spiro atoms. The molecule has 0 fully saturated rings. The number of methoxy groups -OCH3 is 1. The van der Waals surface area contributed by atoms with Crippen LogP contribution in [0.3, 0.4) is 0 Å². The van der Waals surface area contributed by atoms with Crippen LogP contribution in [0.15, 0.2) is 46.4 Å². The van der Waals surface area contributed by atoms with E-state index in [2.05, 4.69) is 9.98 Å². The molecule has 5 heteroatoms. The first-order valence-electron chi connectivity index (χ1n) is 6.58. The largest absolute Gasteiger partial charge is 0.481 e. The summed E-state index contributed by atoms with van der Waals surface area (Å²) in [7, 11) is 1.56. The Morgan fingerprint density at radius 3 is 2.86 bits per heavy atom. The van der Waals surface area contributed by atoms with Gasteiger partial charge in [0.2, 0.25) is 5.88 Å². The number of aromatic nitrogens is 1. The molecule has 0 bridgehead atoms. The first-order valence-corrected chi connectivity index (χ1v) is 7.46. The van der Waals surface area contributed by atoms with Crippen LogP contribution in [-0.4, -0.2) is 23.6 Å². The first-order chi connectivity index (χ1) is 10.2. The minimum absolute atomic E-state index is 0.0306. The molecule has 3 heterocycles. The second kappa shape index (κ2) is 5.61. The lowest BCUT2D eigenvalue weighted by molar-refractivity contribution is -0.116. The molecule has 4 nitrogen and oxygen atoms in total. The Labute approximate surface area is 126 Å². The third-order valence-corrected chi connectivity index (χ3v) is 4.20. The van der Waals surface area contributed by atoms with E-state index in [1.807, 2.05) is 36.6 Å². The van der Waals surface area contributed by atoms with Gasteiger partial charge in [0.15, 0.2) is 5.78 Å². The van der Waals surface area contributed by atoms with Crippen LogP contribution in [-0.2, 0) is 4.79 Å². The van der Waals surface area contributed by atoms with Gasteiger partial charge in [-0.05, 0) is 30.5 Å². The van der Waals surface area contributed by atoms with E-state index < -0.39 is 0 Å². The maximum atomic E-state index is 12.3. The van der Waals surface area contributed by atoms with Gasteiger partial charge >= 0.3 is 0 Å². The Balaban J connectivity index is 1.98. The Morgan fingerprint density at radius 2 is 2.14 bits per heavy atom. The van der Waals surface area contributed by atoms with Crippen LogP contribution >= 0.6 is 11.3 Å². The summed E-state index contributed by atoms with van der Waals surface area (Å²) >= 11 is 1.59. The molecule has 0 amide bonds. The van der Waals surface area contributed by atoms with Gasteiger partial charge in [0, 0.05) is 10.9 Å². The summed E-state index contributed by atoms with van der Waals surface area (Å²) in [6, 6.07) is 9.38. The number of carbonyl (C=O) groups excluding carboxylic acids is 1. The van der Waals surface area contributed by atoms with Crippen LogP contribution in [0.25, 0.3) is 6.08 Å². The molecule has 2 aromatic rings. The van der Waals surface area contributed by atoms with Crippen LogP contribution in [0.4, 0.5) is 0 Å². The molecule has 0 N–H and O–H groups in total. The Bertz CT molecular complexity index is 732. The molecule has 21 heavy (non-hydrogen) atoms. The SMILES string of the molecule is COc1cccc(/C=C2\N=C(c3cccs3)C(C)C2=O)n1. The predicted molar refractivity (Wildman–Crippen MR) is 83.8 cm³/mol. The van der Waals surface area contributed by atoms with Gasteiger partial charge in [-0.25, -0.2) is 9.98 Å². The number of thiophene rings is 1. The minimum atomic E-state index is -0.208. The highest BCUT2D eigenvalue weighted by Gasteiger charge is 2.31. The molecule has 1 atom stereocenters. The molecule has 3 rings (SSSR count). The van der Waals surface area contributed by atoms with Gasteiger partial charge < -0.3 is 4.74 Å². The number of rotatable bonds is 3. The van der Waals surface area contributed by atoms with Crippen molar-refractivity contribution in [2.24, 2.45) is 10.9 Å². The van der Waals surface area contributed by atoms with E-state index in [1.165, 1.54) is 0 Å². The molecule has 0 saturated heterocycles. The molecule has 0 saturated carbocycles. The van der Waals surface area contributed by atoms with Gasteiger partial charge in [0.1, 0.15) is 5.70 Å². The van der Waals surface area contributed by atoms with Crippen molar-refractivity contribution in [3.63, 3.8) is 0 Å². The number of aliphatic imine (C=N–C) groups is 1. The van der Waals surface area contributed by atoms with Crippen LogP contribution in [0.2, 0.25) is 0 Å². The summed E-state index contributed by atoms with van der Waals surface area (Å²) in [4.78, 5) is 22.2. The van der Waals surface area contributed by atoms with E-state index in [4.69, 9.17) is 4.74 Å². The molecule has 1 aliphatic heterocycles. The van der Waals surface area contributed by atoms with Crippen LogP contribution in [0.5, 0.6) is 5.88 Å². The molecule has 0 aliphatic carbocycles. The Kier molecular flexibility index (Phi) is 3.66. The van der Waals surface area contributed by atoms with E-state index in [9.17, 15) is 4.79 Å². The second-order valence-corrected chi connectivity index (χ2v) is 5.64. The van der Waals surface area contributed by atoms with Crippen molar-refractivity contribution in [2.45, 2.75) is 6.92 Å². The Hall–Kier alpha value is -2.27. The number of ketones is 1. The van der Waals surface area contributed by atoms with Crippen LogP contribution in [0, 0.1) is 5.92 Å². The van der Waals surface area contributed by atoms with E-state index in [1.54, 1.807) is 30.6 Å². The molecule has 0 radical (unpaired) electrons. The fourth-order valence-electron chi connectivity index (χ4n) is 2.19. The van der Waals surface area contributed by atoms with Gasteiger partial charge in [0.25, 0.3) is 0 Å². The highest BCUT2D eigenvalue weighted by molar-refractivity contribution is 7.12. The van der Waals surface area contributed by atoms with Gasteiger partial charge in [-0.15, -0.1) is 11.3 Å². The number of ether oxygens (including phenoxy) is 1. The zero-order valence-electron chi connectivity index (χ0n) is 11.7. The molecule has 2 aromatic heterocycles. The molecular formula is C16H14N2O2S. The topological polar surface area (TPSA) is 51.5 Å². The number of pyridine rings is 1. The van der Waals surface area contributed by atoms with Crippen molar-refractivity contribution in [3.8, 4) is 5.88 Å². The number of Topliss-reactive ketones (excluding diaryl/α,β-unsaturated/α-hetero) is 1. The first kappa shape index (κ1) is 13.7. The maximum absolute atomic E-state index is 12.3. The summed E-state index contributed by atoms with van der Waals surface area (Å²) in [5.41, 5.74) is 1.96. The monoisotopic (exact) mass is 298 g/mol. The smallest absolute Gasteiger partial charge is 0.213 e. The average molecular weight is 298 g/mol. The molecule has 1 unspecified atom stereocenters. The number of nitrogens with zero attached hydrogens (tertiary/aromatic N) is 2. The lowest BCUT2D eigenvalue weighted by Gasteiger charge is -2.01. The summed E-state index contributed by atoms with van der Waals surface area (Å²) < 4.78 is 5.09. The van der Waals surface area contributed by atoms with Gasteiger partial charge in [-0.3, -0.25) is 4.79 Å². The molecule has 0 aromatic carbocycles. The highest BCUT2D eigenvalue weighted by Crippen LogP contribution is 2.27. The summed E-state index contributed by atoms with van der Waals surface area (Å²) in [5, 5.41) is 1.99. The zero-order valence-corrected chi connectivity index (χ0v) is 12.6. The molecule has 106 valence electrons. The normalized spacial score (nSPS) is 19.9. The zero-order chi connectivity index (χ0) is 14.8. The third-order valence-electron chi connectivity index (χ3n) is 3.31. The van der Waals surface area contributed by atoms with E-state index in [0.29, 0.717) is 17.3 Å². The van der Waals surface area contributed by atoms with Crippen LogP contribution < -0.4 is 4.74 Å². The van der Waals surface area contributed by atoms with Crippen molar-refractivity contribution in [1.82, 2.24) is 4.98 Å². The maximum Gasteiger partial charge on any atom is 0.213 e. The van der Waals surface area contributed by atoms with Crippen molar-refractivity contribution >= 4 is 28.9 Å².